The zero-order chi connectivity index (χ0) is 25.7. The van der Waals surface area contributed by atoms with Gasteiger partial charge in [0.2, 0.25) is 0 Å². The van der Waals surface area contributed by atoms with Crippen LogP contribution < -0.4 is 3.80 Å². The van der Waals surface area contributed by atoms with Crippen LogP contribution in [0.1, 0.15) is 36.8 Å². The average molecular weight is 517 g/mol. The third kappa shape index (κ3) is 5.67. The summed E-state index contributed by atoms with van der Waals surface area (Å²) >= 11 is -2.27. The molecule has 0 aromatic heterocycles. The van der Waals surface area contributed by atoms with E-state index in [1.54, 1.807) is 0 Å². The number of benzene rings is 4. The van der Waals surface area contributed by atoms with Gasteiger partial charge in [-0.15, -0.1) is 0 Å². The molecule has 4 aromatic rings. The third-order valence-corrected chi connectivity index (χ3v) is 13.4. The fourth-order valence-electron chi connectivity index (χ4n) is 4.89. The van der Waals surface area contributed by atoms with E-state index in [1.165, 1.54) is 20.6 Å². The SMILES string of the molecule is C=C(C(=C)c1ccccc1)c1ccccc1.O=C([NH][Ti]1([CH]2C=Cc3ccccc32)[CH2][CH2]1)c1ccccc1. The molecule has 0 spiro atoms. The van der Waals surface area contributed by atoms with Crippen molar-refractivity contribution in [1.29, 1.82) is 0 Å². The van der Waals surface area contributed by atoms with Gasteiger partial charge in [-0.3, -0.25) is 0 Å². The van der Waals surface area contributed by atoms with Crippen molar-refractivity contribution >= 4 is 23.1 Å². The van der Waals surface area contributed by atoms with E-state index in [9.17, 15) is 4.79 Å². The normalized spacial score (nSPS) is 16.1. The van der Waals surface area contributed by atoms with E-state index in [2.05, 4.69) is 77.6 Å². The summed E-state index contributed by atoms with van der Waals surface area (Å²) in [6.07, 6.45) is 4.54. The number of fused-ring (bicyclic) bond motifs is 1. The molecule has 182 valence electrons. The van der Waals surface area contributed by atoms with Gasteiger partial charge in [-0.1, -0.05) is 73.8 Å². The molecule has 0 bridgehead atoms. The van der Waals surface area contributed by atoms with Gasteiger partial charge < -0.3 is 0 Å². The molecule has 1 saturated heterocycles. The fraction of sp³-hybridized carbons (Fsp3) is 0.0882. The quantitative estimate of drug-likeness (QED) is 0.202. The molecule has 1 amide bonds. The van der Waals surface area contributed by atoms with Crippen molar-refractivity contribution < 1.29 is 21.6 Å². The molecule has 1 N–H and O–H groups in total. The van der Waals surface area contributed by atoms with Gasteiger partial charge in [0.05, 0.1) is 0 Å². The standard InChI is InChI=1S/C16H14.C9H7.C7H7NO.C2H4.Ti/c1-13(15-9-5-3-6-10-15)14(2)16-11-7-4-8-12-16;1-2-5-9-7-3-6-8(9)4-1;8-7(9)6-4-2-1-3-5-6;1-2;/h3-12H,1-2H2;1-7H;1-5H,(H2,8,9);1-2H2;/q;;;;+1/p-1. The topological polar surface area (TPSA) is 29.1 Å². The molecule has 1 aliphatic carbocycles. The Balaban J connectivity index is 0.000000158. The predicted octanol–water partition coefficient (Wildman–Crippen LogP) is 8.52. The summed E-state index contributed by atoms with van der Waals surface area (Å²) in [6.45, 7) is 8.20. The summed E-state index contributed by atoms with van der Waals surface area (Å²) in [7, 11) is 0. The Bertz CT molecular complexity index is 1390. The Morgan fingerprint density at radius 1 is 0.649 bits per heavy atom. The monoisotopic (exact) mass is 517 g/mol. The molecule has 37 heavy (non-hydrogen) atoms. The molecule has 2 aliphatic rings. The van der Waals surface area contributed by atoms with Crippen LogP contribution in [0.5, 0.6) is 0 Å². The Kier molecular flexibility index (Phi) is 7.51. The molecule has 1 atom stereocenters. The van der Waals surface area contributed by atoms with E-state index in [4.69, 9.17) is 0 Å². The molecule has 1 unspecified atom stereocenters. The van der Waals surface area contributed by atoms with E-state index in [1.807, 2.05) is 66.7 Å². The van der Waals surface area contributed by atoms with Crippen LogP contribution >= 0.6 is 0 Å². The van der Waals surface area contributed by atoms with Gasteiger partial charge in [0, 0.05) is 0 Å². The van der Waals surface area contributed by atoms with Crippen molar-refractivity contribution in [3.8, 4) is 0 Å². The van der Waals surface area contributed by atoms with E-state index < -0.39 is 16.8 Å². The van der Waals surface area contributed by atoms with Crippen molar-refractivity contribution in [2.75, 3.05) is 0 Å². The molecule has 1 heterocycles. The molecular formula is C34H31NOTi. The number of hydrogen-bond donors (Lipinski definition) is 1. The Morgan fingerprint density at radius 2 is 1.11 bits per heavy atom. The Morgan fingerprint density at radius 3 is 1.62 bits per heavy atom. The van der Waals surface area contributed by atoms with E-state index in [0.29, 0.717) is 4.22 Å². The van der Waals surface area contributed by atoms with Gasteiger partial charge in [-0.2, -0.15) is 0 Å². The Hall–Kier alpha value is -3.72. The van der Waals surface area contributed by atoms with Crippen LogP contribution in [-0.4, -0.2) is 5.91 Å². The summed E-state index contributed by atoms with van der Waals surface area (Å²) in [5.74, 6) is 0.117. The molecule has 0 radical (unpaired) electrons. The molecule has 6 rings (SSSR count). The van der Waals surface area contributed by atoms with Crippen LogP contribution in [0.2, 0.25) is 9.45 Å². The summed E-state index contributed by atoms with van der Waals surface area (Å²) in [5, 5.41) is 0. The zero-order valence-corrected chi connectivity index (χ0v) is 22.5. The maximum absolute atomic E-state index is 12.5. The molecule has 2 nitrogen and oxygen atoms in total. The van der Waals surface area contributed by atoms with Gasteiger partial charge in [0.15, 0.2) is 0 Å². The van der Waals surface area contributed by atoms with Crippen molar-refractivity contribution in [1.82, 2.24) is 3.80 Å². The first kappa shape index (κ1) is 25.0. The van der Waals surface area contributed by atoms with Gasteiger partial charge in [0.25, 0.3) is 0 Å². The van der Waals surface area contributed by atoms with Crippen LogP contribution in [0.25, 0.3) is 17.2 Å². The number of nitrogens with one attached hydrogen (secondary N) is 1. The maximum atomic E-state index is 12.5. The van der Waals surface area contributed by atoms with Crippen molar-refractivity contribution in [2.24, 2.45) is 0 Å². The van der Waals surface area contributed by atoms with Crippen LogP contribution in [0.15, 0.2) is 134 Å². The van der Waals surface area contributed by atoms with Crippen LogP contribution in [0, 0.1) is 0 Å². The molecular weight excluding hydrogens is 486 g/mol. The number of carbonyl (C=O) groups excluding carboxylic acids is 1. The second-order valence-corrected chi connectivity index (χ2v) is 16.2. The number of allylic oxidation sites excluding steroid dienone is 3. The number of hydrogen-bond acceptors (Lipinski definition) is 1. The zero-order valence-electron chi connectivity index (χ0n) is 20.9. The first-order valence-corrected chi connectivity index (χ1v) is 16.6. The summed E-state index contributed by atoms with van der Waals surface area (Å²) in [4.78, 5) is 12.5. The number of rotatable bonds is 6. The third-order valence-electron chi connectivity index (χ3n) is 7.19. The number of amides is 1. The summed E-state index contributed by atoms with van der Waals surface area (Å²) in [6, 6.07) is 38.4. The number of carbonyl (C=O) groups is 1. The van der Waals surface area contributed by atoms with E-state index in [-0.39, 0.29) is 5.91 Å². The average Bonchev–Trinajstić information content (AvgIpc) is 3.61. The summed E-state index contributed by atoms with van der Waals surface area (Å²) in [5.41, 5.74) is 7.73. The minimum absolute atomic E-state index is 0.117. The Labute approximate surface area is 223 Å². The van der Waals surface area contributed by atoms with Gasteiger partial charge in [0.1, 0.15) is 0 Å². The molecule has 1 fully saturated rings. The molecule has 4 aromatic carbocycles. The second kappa shape index (κ2) is 11.1. The first-order valence-electron chi connectivity index (χ1n) is 12.7. The predicted molar refractivity (Wildman–Crippen MR) is 153 cm³/mol. The van der Waals surface area contributed by atoms with Crippen molar-refractivity contribution in [2.45, 2.75) is 13.7 Å². The summed E-state index contributed by atoms with van der Waals surface area (Å²) < 4.78 is 6.43. The van der Waals surface area contributed by atoms with Crippen molar-refractivity contribution in [3.05, 3.63) is 162 Å². The molecule has 0 saturated carbocycles. The molecule has 3 heteroatoms. The van der Waals surface area contributed by atoms with Crippen LogP contribution in [-0.2, 0) is 16.8 Å². The van der Waals surface area contributed by atoms with Crippen LogP contribution in [0.4, 0.5) is 0 Å². The first-order chi connectivity index (χ1) is 18.1. The van der Waals surface area contributed by atoms with Gasteiger partial charge in [-0.05, 0) is 22.3 Å². The van der Waals surface area contributed by atoms with E-state index >= 15 is 0 Å². The van der Waals surface area contributed by atoms with Crippen molar-refractivity contribution in [3.63, 3.8) is 0 Å². The minimum atomic E-state index is -2.27. The molecule has 1 aliphatic heterocycles. The second-order valence-electron chi connectivity index (χ2n) is 9.63. The van der Waals surface area contributed by atoms with E-state index in [0.717, 1.165) is 27.8 Å². The van der Waals surface area contributed by atoms with Crippen LogP contribution in [0.3, 0.4) is 0 Å². The van der Waals surface area contributed by atoms with Gasteiger partial charge in [-0.25, -0.2) is 0 Å². The fourth-order valence-corrected chi connectivity index (χ4v) is 11.7. The van der Waals surface area contributed by atoms with Gasteiger partial charge >= 0.3 is 128 Å².